The molecule has 0 saturated carbocycles. The lowest BCUT2D eigenvalue weighted by Gasteiger charge is -2.28. The third kappa shape index (κ3) is 3.38. The highest BCUT2D eigenvalue weighted by molar-refractivity contribution is 8.03. The number of carbonyl (C=O) groups is 2. The lowest BCUT2D eigenvalue weighted by molar-refractivity contribution is -0.137. The molecule has 1 aromatic carbocycles. The maximum Gasteiger partial charge on any atom is 0.305 e. The molecule has 100 valence electrons. The predicted molar refractivity (Wildman–Crippen MR) is 75.6 cm³/mol. The van der Waals surface area contributed by atoms with E-state index in [9.17, 15) is 9.59 Å². The zero-order valence-corrected chi connectivity index (χ0v) is 11.4. The van der Waals surface area contributed by atoms with Crippen molar-refractivity contribution in [3.05, 3.63) is 40.8 Å². The van der Waals surface area contributed by atoms with Crippen LogP contribution < -0.4 is 0 Å². The Morgan fingerprint density at radius 1 is 1.37 bits per heavy atom. The highest BCUT2D eigenvalue weighted by Crippen LogP contribution is 2.28. The van der Waals surface area contributed by atoms with Crippen LogP contribution in [0.5, 0.6) is 0 Å². The summed E-state index contributed by atoms with van der Waals surface area (Å²) < 4.78 is 0. The maximum atomic E-state index is 11.9. The molecular weight excluding hydrogens is 262 g/mol. The van der Waals surface area contributed by atoms with E-state index in [4.69, 9.17) is 5.11 Å². The lowest BCUT2D eigenvalue weighted by atomic mass is 10.1. The summed E-state index contributed by atoms with van der Waals surface area (Å²) in [7, 11) is 0. The molecule has 0 saturated heterocycles. The van der Waals surface area contributed by atoms with Gasteiger partial charge in [0.15, 0.2) is 0 Å². The van der Waals surface area contributed by atoms with Crippen molar-refractivity contribution in [3.8, 4) is 0 Å². The number of hydrogen-bond donors (Lipinski definition) is 1. The average Bonchev–Trinajstić information content (AvgIpc) is 2.38. The van der Waals surface area contributed by atoms with Gasteiger partial charge in [0.05, 0.1) is 17.9 Å². The Morgan fingerprint density at radius 3 is 2.68 bits per heavy atom. The molecule has 0 fully saturated rings. The standard InChI is InChI=1S/C14H15NO3S/c1-10-2-4-11(5-3-10)12-8-19-9-13(16)15(12)7-6-14(17)18/h2-5,8H,6-7,9H2,1H3,(H,17,18). The normalized spacial score (nSPS) is 15.3. The van der Waals surface area contributed by atoms with E-state index >= 15 is 0 Å². The van der Waals surface area contributed by atoms with Crippen molar-refractivity contribution in [2.75, 3.05) is 12.3 Å². The number of amides is 1. The van der Waals surface area contributed by atoms with Crippen molar-refractivity contribution in [3.63, 3.8) is 0 Å². The minimum Gasteiger partial charge on any atom is -0.481 e. The Kier molecular flexibility index (Phi) is 4.27. The number of carbonyl (C=O) groups excluding carboxylic acids is 1. The third-order valence-corrected chi connectivity index (χ3v) is 3.69. The zero-order valence-electron chi connectivity index (χ0n) is 10.6. The summed E-state index contributed by atoms with van der Waals surface area (Å²) in [6, 6.07) is 7.87. The van der Waals surface area contributed by atoms with Gasteiger partial charge in [-0.05, 0) is 17.9 Å². The van der Waals surface area contributed by atoms with E-state index in [1.165, 1.54) is 11.8 Å². The van der Waals surface area contributed by atoms with Gasteiger partial charge in [-0.2, -0.15) is 0 Å². The fourth-order valence-corrected chi connectivity index (χ4v) is 2.67. The number of rotatable bonds is 4. The molecular formula is C14H15NO3S. The number of benzene rings is 1. The van der Waals surface area contributed by atoms with E-state index in [2.05, 4.69) is 0 Å². The first kappa shape index (κ1) is 13.7. The number of aryl methyl sites for hydroxylation is 1. The van der Waals surface area contributed by atoms with Gasteiger partial charge in [-0.15, -0.1) is 11.8 Å². The van der Waals surface area contributed by atoms with Crippen molar-refractivity contribution >= 4 is 29.3 Å². The van der Waals surface area contributed by atoms with Crippen molar-refractivity contribution in [2.24, 2.45) is 0 Å². The first-order valence-corrected chi connectivity index (χ1v) is 7.04. The first-order chi connectivity index (χ1) is 9.08. The van der Waals surface area contributed by atoms with Gasteiger partial charge in [-0.1, -0.05) is 29.8 Å². The molecule has 1 heterocycles. The SMILES string of the molecule is Cc1ccc(C2=CSCC(=O)N2CCC(=O)O)cc1. The highest BCUT2D eigenvalue weighted by atomic mass is 32.2. The highest BCUT2D eigenvalue weighted by Gasteiger charge is 2.23. The predicted octanol–water partition coefficient (Wildman–Crippen LogP) is 2.34. The molecule has 0 spiro atoms. The molecule has 0 aliphatic carbocycles. The minimum absolute atomic E-state index is 0.0377. The number of aliphatic carboxylic acids is 1. The Morgan fingerprint density at radius 2 is 2.05 bits per heavy atom. The van der Waals surface area contributed by atoms with Crippen LogP contribution in [-0.4, -0.2) is 34.2 Å². The van der Waals surface area contributed by atoms with E-state index in [-0.39, 0.29) is 18.9 Å². The molecule has 0 unspecified atom stereocenters. The molecule has 4 nitrogen and oxygen atoms in total. The second-order valence-corrected chi connectivity index (χ2v) is 5.23. The van der Waals surface area contributed by atoms with Crippen molar-refractivity contribution in [2.45, 2.75) is 13.3 Å². The molecule has 1 aliphatic rings. The summed E-state index contributed by atoms with van der Waals surface area (Å²) in [5.41, 5.74) is 2.88. The Bertz CT molecular complexity index is 522. The van der Waals surface area contributed by atoms with Gasteiger partial charge >= 0.3 is 5.97 Å². The fourth-order valence-electron chi connectivity index (χ4n) is 1.87. The molecule has 1 N–H and O–H groups in total. The van der Waals surface area contributed by atoms with Crippen LogP contribution in [0.2, 0.25) is 0 Å². The van der Waals surface area contributed by atoms with Gasteiger partial charge in [0.2, 0.25) is 5.91 Å². The smallest absolute Gasteiger partial charge is 0.305 e. The quantitative estimate of drug-likeness (QED) is 0.917. The van der Waals surface area contributed by atoms with Gasteiger partial charge in [-0.25, -0.2) is 0 Å². The summed E-state index contributed by atoms with van der Waals surface area (Å²) in [6.07, 6.45) is -0.0421. The molecule has 0 radical (unpaired) electrons. The second-order valence-electron chi connectivity index (χ2n) is 4.37. The van der Waals surface area contributed by atoms with Crippen LogP contribution in [-0.2, 0) is 9.59 Å². The van der Waals surface area contributed by atoms with Crippen LogP contribution in [0.25, 0.3) is 5.70 Å². The van der Waals surface area contributed by atoms with Gasteiger partial charge < -0.3 is 10.0 Å². The minimum atomic E-state index is -0.894. The van der Waals surface area contributed by atoms with E-state index in [0.717, 1.165) is 16.8 Å². The average molecular weight is 277 g/mol. The van der Waals surface area contributed by atoms with Crippen LogP contribution >= 0.6 is 11.8 Å². The van der Waals surface area contributed by atoms with Gasteiger partial charge in [-0.3, -0.25) is 9.59 Å². The van der Waals surface area contributed by atoms with Gasteiger partial charge in [0, 0.05) is 6.54 Å². The molecule has 1 aliphatic heterocycles. The summed E-state index contributed by atoms with van der Waals surface area (Å²) in [5, 5.41) is 10.7. The number of nitrogens with zero attached hydrogens (tertiary/aromatic N) is 1. The monoisotopic (exact) mass is 277 g/mol. The van der Waals surface area contributed by atoms with Crippen LogP contribution in [0.1, 0.15) is 17.5 Å². The summed E-state index contributed by atoms with van der Waals surface area (Å²) >= 11 is 1.45. The van der Waals surface area contributed by atoms with Gasteiger partial charge in [0.1, 0.15) is 0 Å². The molecule has 2 rings (SSSR count). The Hall–Kier alpha value is -1.75. The molecule has 1 amide bonds. The molecule has 0 atom stereocenters. The van der Waals surface area contributed by atoms with Crippen molar-refractivity contribution in [1.82, 2.24) is 4.90 Å². The van der Waals surface area contributed by atoms with Gasteiger partial charge in [0.25, 0.3) is 0 Å². The molecule has 0 bridgehead atoms. The summed E-state index contributed by atoms with van der Waals surface area (Å²) in [5.74, 6) is -0.562. The van der Waals surface area contributed by atoms with Crippen molar-refractivity contribution < 1.29 is 14.7 Å². The first-order valence-electron chi connectivity index (χ1n) is 5.99. The molecule has 0 aromatic heterocycles. The summed E-state index contributed by atoms with van der Waals surface area (Å²) in [4.78, 5) is 24.2. The van der Waals surface area contributed by atoms with E-state index in [1.54, 1.807) is 4.90 Å². The van der Waals surface area contributed by atoms with E-state index in [1.807, 2.05) is 36.6 Å². The number of thioether (sulfide) groups is 1. The van der Waals surface area contributed by atoms with E-state index in [0.29, 0.717) is 5.75 Å². The Balaban J connectivity index is 2.24. The third-order valence-electron chi connectivity index (χ3n) is 2.89. The summed E-state index contributed by atoms with van der Waals surface area (Å²) in [6.45, 7) is 2.22. The zero-order chi connectivity index (χ0) is 13.8. The maximum absolute atomic E-state index is 11.9. The van der Waals surface area contributed by atoms with Crippen molar-refractivity contribution in [1.29, 1.82) is 0 Å². The van der Waals surface area contributed by atoms with Crippen LogP contribution in [0.3, 0.4) is 0 Å². The largest absolute Gasteiger partial charge is 0.481 e. The van der Waals surface area contributed by atoms with Crippen LogP contribution in [0.15, 0.2) is 29.7 Å². The lowest BCUT2D eigenvalue weighted by Crippen LogP contribution is -2.34. The van der Waals surface area contributed by atoms with Crippen LogP contribution in [0, 0.1) is 6.92 Å². The number of hydrogen-bond acceptors (Lipinski definition) is 3. The second kappa shape index (κ2) is 5.93. The molecule has 5 heteroatoms. The molecule has 19 heavy (non-hydrogen) atoms. The van der Waals surface area contributed by atoms with Crippen LogP contribution in [0.4, 0.5) is 0 Å². The molecule has 1 aromatic rings. The number of carboxylic acid groups (broad SMARTS) is 1. The topological polar surface area (TPSA) is 57.6 Å². The fraction of sp³-hybridized carbons (Fsp3) is 0.286. The Labute approximate surface area is 116 Å². The number of carboxylic acids is 1. The van der Waals surface area contributed by atoms with E-state index < -0.39 is 5.97 Å².